The van der Waals surface area contributed by atoms with E-state index in [2.05, 4.69) is 14.6 Å². The van der Waals surface area contributed by atoms with E-state index in [4.69, 9.17) is 4.74 Å². The third-order valence-corrected chi connectivity index (χ3v) is 4.84. The van der Waals surface area contributed by atoms with Crippen molar-refractivity contribution in [1.82, 2.24) is 14.6 Å². The molecular weight excluding hydrogens is 290 g/mol. The maximum Gasteiger partial charge on any atom is 0.209 e. The van der Waals surface area contributed by atoms with Crippen LogP contribution in [0.2, 0.25) is 0 Å². The quantitative estimate of drug-likeness (QED) is 0.869. The molecule has 1 N–H and O–H groups in total. The van der Waals surface area contributed by atoms with Gasteiger partial charge < -0.3 is 4.74 Å². The molecule has 0 aromatic carbocycles. The molecule has 6 nitrogen and oxygen atoms in total. The van der Waals surface area contributed by atoms with Crippen molar-refractivity contribution in [2.24, 2.45) is 0 Å². The van der Waals surface area contributed by atoms with E-state index in [1.54, 1.807) is 6.20 Å². The Balaban J connectivity index is 1.75. The second-order valence-corrected chi connectivity index (χ2v) is 7.61. The van der Waals surface area contributed by atoms with E-state index in [-0.39, 0.29) is 18.2 Å². The molecule has 0 bridgehead atoms. The lowest BCUT2D eigenvalue weighted by Gasteiger charge is -2.32. The summed E-state index contributed by atoms with van der Waals surface area (Å²) in [6, 6.07) is 4.08. The topological polar surface area (TPSA) is 71.5 Å². The molecule has 0 spiro atoms. The minimum Gasteiger partial charge on any atom is -0.375 e. The molecule has 0 unspecified atom stereocenters. The maximum atomic E-state index is 11.5. The van der Waals surface area contributed by atoms with Crippen LogP contribution in [-0.4, -0.2) is 55.9 Å². The van der Waals surface area contributed by atoms with Gasteiger partial charge in [-0.05, 0) is 24.5 Å². The van der Waals surface area contributed by atoms with Gasteiger partial charge in [-0.2, -0.15) is 0 Å². The van der Waals surface area contributed by atoms with Crippen LogP contribution in [0.3, 0.4) is 0 Å². The van der Waals surface area contributed by atoms with Crippen LogP contribution in [-0.2, 0) is 21.3 Å². The summed E-state index contributed by atoms with van der Waals surface area (Å²) in [5.41, 5.74) is 1.14. The van der Waals surface area contributed by atoms with Crippen molar-refractivity contribution in [3.63, 3.8) is 0 Å². The first-order valence-corrected chi connectivity index (χ1v) is 9.14. The van der Waals surface area contributed by atoms with E-state index in [0.717, 1.165) is 24.9 Å². The Morgan fingerprint density at radius 2 is 2.38 bits per heavy atom. The summed E-state index contributed by atoms with van der Waals surface area (Å²) < 4.78 is 31.6. The van der Waals surface area contributed by atoms with Crippen LogP contribution < -0.4 is 4.72 Å². The smallest absolute Gasteiger partial charge is 0.209 e. The van der Waals surface area contributed by atoms with Crippen LogP contribution in [0.25, 0.3) is 0 Å². The van der Waals surface area contributed by atoms with Gasteiger partial charge in [0.05, 0.1) is 18.4 Å². The van der Waals surface area contributed by atoms with Gasteiger partial charge in [0.15, 0.2) is 0 Å². The van der Waals surface area contributed by atoms with Crippen LogP contribution in [0.5, 0.6) is 0 Å². The van der Waals surface area contributed by atoms with Gasteiger partial charge in [-0.25, -0.2) is 13.1 Å². The number of ether oxygens (including phenoxy) is 1. The molecule has 1 aromatic heterocycles. The highest BCUT2D eigenvalue weighted by Crippen LogP contribution is 2.30. The van der Waals surface area contributed by atoms with Crippen LogP contribution in [0, 0.1) is 0 Å². The summed E-state index contributed by atoms with van der Waals surface area (Å²) in [5.74, 6) is 0. The minimum atomic E-state index is -3.22. The average molecular weight is 311 g/mol. The predicted octanol–water partition coefficient (Wildman–Crippen LogP) is 0.363. The summed E-state index contributed by atoms with van der Waals surface area (Å²) in [4.78, 5) is 6.45. The zero-order chi connectivity index (χ0) is 14.9. The molecule has 3 rings (SSSR count). The Kier molecular flexibility index (Phi) is 4.26. The summed E-state index contributed by atoms with van der Waals surface area (Å²) >= 11 is 0. The molecule has 0 saturated carbocycles. The van der Waals surface area contributed by atoms with Gasteiger partial charge >= 0.3 is 0 Å². The maximum absolute atomic E-state index is 11.5. The lowest BCUT2D eigenvalue weighted by Crippen LogP contribution is -2.47. The monoisotopic (exact) mass is 311 g/mol. The van der Waals surface area contributed by atoms with Crippen LogP contribution in [0.1, 0.15) is 18.4 Å². The molecule has 2 saturated heterocycles. The highest BCUT2D eigenvalue weighted by Gasteiger charge is 2.44. The first-order chi connectivity index (χ1) is 10.0. The van der Waals surface area contributed by atoms with Gasteiger partial charge in [-0.3, -0.25) is 9.88 Å². The number of sulfonamides is 1. The normalized spacial score (nSPS) is 30.2. The summed E-state index contributed by atoms with van der Waals surface area (Å²) in [6.07, 6.45) is 6.84. The van der Waals surface area contributed by atoms with Crippen LogP contribution >= 0.6 is 0 Å². The SMILES string of the molecule is CS(=O)(=O)N[C@@H]1CN(Cc2cccnc2)[C@H]2CCCO[C@@H]12. The second-order valence-electron chi connectivity index (χ2n) is 5.83. The molecule has 21 heavy (non-hydrogen) atoms. The molecule has 3 atom stereocenters. The van der Waals surface area contributed by atoms with Gasteiger partial charge in [0.1, 0.15) is 0 Å². The number of rotatable bonds is 4. The molecule has 116 valence electrons. The van der Waals surface area contributed by atoms with E-state index in [9.17, 15) is 8.42 Å². The molecule has 0 aliphatic carbocycles. The summed E-state index contributed by atoms with van der Waals surface area (Å²) in [6.45, 7) is 2.17. The van der Waals surface area contributed by atoms with Gasteiger partial charge in [-0.15, -0.1) is 0 Å². The second kappa shape index (κ2) is 6.00. The number of hydrogen-bond acceptors (Lipinski definition) is 5. The standard InChI is InChI=1S/C14H21N3O3S/c1-21(18,19)16-12-10-17(9-11-4-2-6-15-8-11)13-5-3-7-20-14(12)13/h2,4,6,8,12-14,16H,3,5,7,9-10H2,1H3/t12-,13+,14+/m1/s1. The Morgan fingerprint density at radius 1 is 1.52 bits per heavy atom. The molecule has 3 heterocycles. The molecule has 1 aromatic rings. The molecule has 2 aliphatic heterocycles. The minimum absolute atomic E-state index is 0.0508. The number of pyridine rings is 1. The Morgan fingerprint density at radius 3 is 3.10 bits per heavy atom. The Hall–Kier alpha value is -1.02. The van der Waals surface area contributed by atoms with Crippen molar-refractivity contribution in [3.8, 4) is 0 Å². The number of nitrogens with one attached hydrogen (secondary N) is 1. The predicted molar refractivity (Wildman–Crippen MR) is 79.2 cm³/mol. The van der Waals surface area contributed by atoms with Crippen molar-refractivity contribution in [1.29, 1.82) is 0 Å². The molecule has 0 amide bonds. The van der Waals surface area contributed by atoms with Crippen LogP contribution in [0.15, 0.2) is 24.5 Å². The van der Waals surface area contributed by atoms with E-state index in [1.807, 2.05) is 18.3 Å². The van der Waals surface area contributed by atoms with Gasteiger partial charge in [-0.1, -0.05) is 6.07 Å². The van der Waals surface area contributed by atoms with E-state index in [0.29, 0.717) is 13.2 Å². The van der Waals surface area contributed by atoms with Crippen molar-refractivity contribution in [2.45, 2.75) is 37.6 Å². The highest BCUT2D eigenvalue weighted by molar-refractivity contribution is 7.88. The first kappa shape index (κ1) is 14.9. The van der Waals surface area contributed by atoms with Crippen molar-refractivity contribution < 1.29 is 13.2 Å². The van der Waals surface area contributed by atoms with Gasteiger partial charge in [0, 0.05) is 38.1 Å². The number of aromatic nitrogens is 1. The molecule has 7 heteroatoms. The lowest BCUT2D eigenvalue weighted by molar-refractivity contribution is -0.0193. The summed E-state index contributed by atoms with van der Waals surface area (Å²) in [7, 11) is -3.22. The van der Waals surface area contributed by atoms with E-state index >= 15 is 0 Å². The van der Waals surface area contributed by atoms with E-state index < -0.39 is 10.0 Å². The number of fused-ring (bicyclic) bond motifs is 1. The van der Waals surface area contributed by atoms with Crippen LogP contribution in [0.4, 0.5) is 0 Å². The Labute approximate surface area is 125 Å². The fourth-order valence-electron chi connectivity index (χ4n) is 3.34. The molecular formula is C14H21N3O3S. The van der Waals surface area contributed by atoms with Gasteiger partial charge in [0.2, 0.25) is 10.0 Å². The number of hydrogen-bond donors (Lipinski definition) is 1. The zero-order valence-electron chi connectivity index (χ0n) is 12.1. The highest BCUT2D eigenvalue weighted by atomic mass is 32.2. The summed E-state index contributed by atoms with van der Waals surface area (Å²) in [5, 5.41) is 0. The fourth-order valence-corrected chi connectivity index (χ4v) is 4.10. The van der Waals surface area contributed by atoms with E-state index in [1.165, 1.54) is 6.26 Å². The van der Waals surface area contributed by atoms with Crippen molar-refractivity contribution >= 4 is 10.0 Å². The zero-order valence-corrected chi connectivity index (χ0v) is 12.9. The number of nitrogens with zero attached hydrogens (tertiary/aromatic N) is 2. The molecule has 2 aliphatic rings. The number of likely N-dealkylation sites (tertiary alicyclic amines) is 1. The molecule has 2 fully saturated rings. The lowest BCUT2D eigenvalue weighted by atomic mass is 10.0. The third-order valence-electron chi connectivity index (χ3n) is 4.10. The van der Waals surface area contributed by atoms with Crippen molar-refractivity contribution in [2.75, 3.05) is 19.4 Å². The molecule has 0 radical (unpaired) electrons. The third kappa shape index (κ3) is 3.60. The fraction of sp³-hybridized carbons (Fsp3) is 0.643. The average Bonchev–Trinajstić information content (AvgIpc) is 2.77. The first-order valence-electron chi connectivity index (χ1n) is 7.25. The van der Waals surface area contributed by atoms with Gasteiger partial charge in [0.25, 0.3) is 0 Å². The van der Waals surface area contributed by atoms with Crippen molar-refractivity contribution in [3.05, 3.63) is 30.1 Å². The largest absolute Gasteiger partial charge is 0.375 e. The Bertz CT molecular complexity index is 578.